The molecule has 2 nitrogen and oxygen atoms in total. The van der Waals surface area contributed by atoms with E-state index >= 15 is 0 Å². The molecule has 2 rings (SSSR count). The van der Waals surface area contributed by atoms with Crippen LogP contribution < -0.4 is 0 Å². The number of halogens is 2. The SMILES string of the molecule is Clc1ccsc1-c1cncnc1Br. The zero-order valence-electron chi connectivity index (χ0n) is 6.37. The van der Waals surface area contributed by atoms with Crippen molar-refractivity contribution in [1.82, 2.24) is 9.97 Å². The molecule has 0 bridgehead atoms. The van der Waals surface area contributed by atoms with Crippen molar-refractivity contribution in [2.24, 2.45) is 0 Å². The fraction of sp³-hybridized carbons (Fsp3) is 0. The third kappa shape index (κ3) is 1.75. The van der Waals surface area contributed by atoms with Crippen LogP contribution in [0.15, 0.2) is 28.6 Å². The van der Waals surface area contributed by atoms with Gasteiger partial charge >= 0.3 is 0 Å². The molecule has 0 aliphatic heterocycles. The summed E-state index contributed by atoms with van der Waals surface area (Å²) < 4.78 is 0.770. The molecule has 2 heterocycles. The Morgan fingerprint density at radius 3 is 2.92 bits per heavy atom. The van der Waals surface area contributed by atoms with Crippen LogP contribution in [-0.2, 0) is 0 Å². The maximum atomic E-state index is 5.98. The molecule has 0 radical (unpaired) electrons. The monoisotopic (exact) mass is 274 g/mol. The topological polar surface area (TPSA) is 25.8 Å². The van der Waals surface area contributed by atoms with Crippen molar-refractivity contribution in [3.8, 4) is 10.4 Å². The molecule has 0 fully saturated rings. The molecule has 5 heteroatoms. The maximum absolute atomic E-state index is 5.98. The molecule has 0 atom stereocenters. The van der Waals surface area contributed by atoms with Crippen LogP contribution >= 0.6 is 38.9 Å². The van der Waals surface area contributed by atoms with E-state index < -0.39 is 0 Å². The molecule has 0 saturated carbocycles. The summed E-state index contributed by atoms with van der Waals surface area (Å²) in [6.45, 7) is 0. The summed E-state index contributed by atoms with van der Waals surface area (Å²) in [7, 11) is 0. The fourth-order valence-corrected chi connectivity index (χ4v) is 2.65. The zero-order chi connectivity index (χ0) is 9.26. The Hall–Kier alpha value is -0.450. The fourth-order valence-electron chi connectivity index (χ4n) is 0.953. The van der Waals surface area contributed by atoms with Crippen LogP contribution in [0.3, 0.4) is 0 Å². The average Bonchev–Trinajstić information content (AvgIpc) is 2.52. The van der Waals surface area contributed by atoms with Crippen LogP contribution in [0.4, 0.5) is 0 Å². The second kappa shape index (κ2) is 3.74. The second-order valence-corrected chi connectivity index (χ2v) is 4.40. The standard InChI is InChI=1S/C8H4BrClN2S/c9-8-5(3-11-4-12-8)7-6(10)1-2-13-7/h1-4H. The van der Waals surface area contributed by atoms with Crippen molar-refractivity contribution < 1.29 is 0 Å². The van der Waals surface area contributed by atoms with Gasteiger partial charge < -0.3 is 0 Å². The Kier molecular flexibility index (Phi) is 2.62. The van der Waals surface area contributed by atoms with Crippen molar-refractivity contribution in [2.45, 2.75) is 0 Å². The van der Waals surface area contributed by atoms with Gasteiger partial charge in [-0.3, -0.25) is 0 Å². The molecule has 0 saturated heterocycles. The van der Waals surface area contributed by atoms with Gasteiger partial charge in [-0.15, -0.1) is 11.3 Å². The summed E-state index contributed by atoms with van der Waals surface area (Å²) in [5, 5.41) is 2.68. The minimum absolute atomic E-state index is 0.737. The molecule has 0 N–H and O–H groups in total. The summed E-state index contributed by atoms with van der Waals surface area (Å²) in [6, 6.07) is 1.86. The van der Waals surface area contributed by atoms with Crippen molar-refractivity contribution >= 4 is 38.9 Å². The van der Waals surface area contributed by atoms with Crippen LogP contribution in [0, 0.1) is 0 Å². The summed E-state index contributed by atoms with van der Waals surface area (Å²) >= 11 is 10.9. The number of thiophene rings is 1. The molecule has 0 amide bonds. The minimum atomic E-state index is 0.737. The van der Waals surface area contributed by atoms with E-state index in [4.69, 9.17) is 11.6 Å². The lowest BCUT2D eigenvalue weighted by molar-refractivity contribution is 1.14. The first kappa shape index (κ1) is 9.12. The molecule has 0 spiro atoms. The lowest BCUT2D eigenvalue weighted by atomic mass is 10.3. The van der Waals surface area contributed by atoms with E-state index in [1.807, 2.05) is 11.4 Å². The first-order valence-electron chi connectivity index (χ1n) is 3.48. The van der Waals surface area contributed by atoms with Crippen molar-refractivity contribution in [1.29, 1.82) is 0 Å². The molecule has 0 aromatic carbocycles. The van der Waals surface area contributed by atoms with Gasteiger partial charge in [0.25, 0.3) is 0 Å². The van der Waals surface area contributed by atoms with E-state index in [9.17, 15) is 0 Å². The second-order valence-electron chi connectivity index (χ2n) is 2.32. The smallest absolute Gasteiger partial charge is 0.118 e. The van der Waals surface area contributed by atoms with Gasteiger partial charge in [-0.1, -0.05) is 11.6 Å². The summed E-state index contributed by atoms with van der Waals surface area (Å²) in [4.78, 5) is 8.97. The highest BCUT2D eigenvalue weighted by atomic mass is 79.9. The highest BCUT2D eigenvalue weighted by molar-refractivity contribution is 9.10. The van der Waals surface area contributed by atoms with Crippen LogP contribution in [0.25, 0.3) is 10.4 Å². The Balaban J connectivity index is 2.59. The molecule has 0 unspecified atom stereocenters. The summed E-state index contributed by atoms with van der Waals surface area (Å²) in [5.74, 6) is 0. The molecule has 2 aromatic rings. The van der Waals surface area contributed by atoms with Gasteiger partial charge in [0.2, 0.25) is 0 Å². The van der Waals surface area contributed by atoms with E-state index in [0.717, 1.165) is 20.1 Å². The molecular weight excluding hydrogens is 272 g/mol. The van der Waals surface area contributed by atoms with Gasteiger partial charge in [0.1, 0.15) is 10.9 Å². The van der Waals surface area contributed by atoms with E-state index in [2.05, 4.69) is 25.9 Å². The Labute approximate surface area is 92.7 Å². The van der Waals surface area contributed by atoms with Crippen LogP contribution in [-0.4, -0.2) is 9.97 Å². The lowest BCUT2D eigenvalue weighted by Gasteiger charge is -1.99. The average molecular weight is 276 g/mol. The van der Waals surface area contributed by atoms with E-state index in [1.54, 1.807) is 17.5 Å². The van der Waals surface area contributed by atoms with Gasteiger partial charge in [0.15, 0.2) is 0 Å². The predicted octanol–water partition coefficient (Wildman–Crippen LogP) is 3.62. The van der Waals surface area contributed by atoms with Crippen LogP contribution in [0.1, 0.15) is 0 Å². The minimum Gasteiger partial charge on any atom is -0.244 e. The maximum Gasteiger partial charge on any atom is 0.118 e. The van der Waals surface area contributed by atoms with Gasteiger partial charge in [0.05, 0.1) is 9.90 Å². The Morgan fingerprint density at radius 2 is 2.31 bits per heavy atom. The zero-order valence-corrected chi connectivity index (χ0v) is 9.53. The Morgan fingerprint density at radius 1 is 1.46 bits per heavy atom. The van der Waals surface area contributed by atoms with Gasteiger partial charge in [-0.2, -0.15) is 0 Å². The normalized spacial score (nSPS) is 10.3. The summed E-state index contributed by atoms with van der Waals surface area (Å²) in [5.41, 5.74) is 0.933. The first-order valence-corrected chi connectivity index (χ1v) is 5.53. The van der Waals surface area contributed by atoms with E-state index in [0.29, 0.717) is 0 Å². The molecule has 0 aliphatic carbocycles. The molecule has 13 heavy (non-hydrogen) atoms. The third-order valence-corrected chi connectivity index (χ3v) is 3.53. The lowest BCUT2D eigenvalue weighted by Crippen LogP contribution is -1.82. The van der Waals surface area contributed by atoms with E-state index in [1.165, 1.54) is 6.33 Å². The van der Waals surface area contributed by atoms with Gasteiger partial charge in [-0.25, -0.2) is 9.97 Å². The molecule has 2 aromatic heterocycles. The van der Waals surface area contributed by atoms with E-state index in [-0.39, 0.29) is 0 Å². The number of hydrogen-bond acceptors (Lipinski definition) is 3. The number of hydrogen-bond donors (Lipinski definition) is 0. The first-order chi connectivity index (χ1) is 6.29. The Bertz CT molecular complexity index is 430. The van der Waals surface area contributed by atoms with Crippen molar-refractivity contribution in [3.63, 3.8) is 0 Å². The van der Waals surface area contributed by atoms with Gasteiger partial charge in [-0.05, 0) is 27.4 Å². The molecule has 0 aliphatic rings. The van der Waals surface area contributed by atoms with Crippen molar-refractivity contribution in [2.75, 3.05) is 0 Å². The number of rotatable bonds is 1. The van der Waals surface area contributed by atoms with Crippen LogP contribution in [0.5, 0.6) is 0 Å². The largest absolute Gasteiger partial charge is 0.244 e. The van der Waals surface area contributed by atoms with Crippen molar-refractivity contribution in [3.05, 3.63) is 33.6 Å². The van der Waals surface area contributed by atoms with Crippen LogP contribution in [0.2, 0.25) is 5.02 Å². The highest BCUT2D eigenvalue weighted by Crippen LogP contribution is 2.35. The summed E-state index contributed by atoms with van der Waals surface area (Å²) in [6.07, 6.45) is 3.24. The quantitative estimate of drug-likeness (QED) is 0.743. The highest BCUT2D eigenvalue weighted by Gasteiger charge is 2.08. The number of nitrogens with zero attached hydrogens (tertiary/aromatic N) is 2. The molecular formula is C8H4BrClN2S. The number of aromatic nitrogens is 2. The third-order valence-electron chi connectivity index (χ3n) is 1.53. The molecule has 66 valence electrons. The van der Waals surface area contributed by atoms with Gasteiger partial charge in [0, 0.05) is 11.8 Å². The predicted molar refractivity (Wildman–Crippen MR) is 58.1 cm³/mol.